The van der Waals surface area contributed by atoms with Gasteiger partial charge < -0.3 is 20.3 Å². The van der Waals surface area contributed by atoms with Gasteiger partial charge in [0.1, 0.15) is 0 Å². The van der Waals surface area contributed by atoms with Gasteiger partial charge in [-0.25, -0.2) is 0 Å². The summed E-state index contributed by atoms with van der Waals surface area (Å²) in [7, 11) is 0. The van der Waals surface area contributed by atoms with Crippen LogP contribution in [0.1, 0.15) is 20.3 Å². The summed E-state index contributed by atoms with van der Waals surface area (Å²) in [4.78, 5) is 0. The van der Waals surface area contributed by atoms with Crippen LogP contribution in [0.2, 0.25) is 0 Å². The van der Waals surface area contributed by atoms with Gasteiger partial charge in [-0.05, 0) is 18.1 Å². The van der Waals surface area contributed by atoms with Crippen LogP contribution in [0, 0.1) is 5.92 Å². The van der Waals surface area contributed by atoms with Gasteiger partial charge in [0, 0.05) is 32.1 Å². The topological polar surface area (TPSA) is 61.7 Å². The third-order valence-electron chi connectivity index (χ3n) is 2.01. The average Bonchev–Trinajstić information content (AvgIpc) is 2.27. The molecule has 0 saturated carbocycles. The largest absolute Gasteiger partial charge is 0.396 e. The van der Waals surface area contributed by atoms with E-state index in [1.807, 2.05) is 11.8 Å². The minimum atomic E-state index is -0.420. The molecule has 1 atom stereocenters. The third-order valence-corrected chi connectivity index (χ3v) is 3.08. The van der Waals surface area contributed by atoms with Gasteiger partial charge in [0.2, 0.25) is 0 Å². The van der Waals surface area contributed by atoms with Gasteiger partial charge in [0.05, 0.1) is 12.7 Å². The number of nitrogens with one attached hydrogen (secondary N) is 1. The van der Waals surface area contributed by atoms with E-state index in [1.54, 1.807) is 0 Å². The van der Waals surface area contributed by atoms with Gasteiger partial charge >= 0.3 is 0 Å². The average molecular weight is 265 g/mol. The highest BCUT2D eigenvalue weighted by molar-refractivity contribution is 7.99. The van der Waals surface area contributed by atoms with Crippen LogP contribution in [0.15, 0.2) is 0 Å². The highest BCUT2D eigenvalue weighted by Crippen LogP contribution is 2.00. The standard InChI is InChI=1S/C12H27NO3S/c1-11(2)9-16-10-12(15)8-13-4-7-17-6-3-5-14/h11-15H,3-10H2,1-2H3. The highest BCUT2D eigenvalue weighted by atomic mass is 32.2. The maximum Gasteiger partial charge on any atom is 0.0897 e. The number of ether oxygens (including phenoxy) is 1. The van der Waals surface area contributed by atoms with Gasteiger partial charge in [0.15, 0.2) is 0 Å². The lowest BCUT2D eigenvalue weighted by molar-refractivity contribution is 0.0264. The van der Waals surface area contributed by atoms with Crippen molar-refractivity contribution in [3.63, 3.8) is 0 Å². The monoisotopic (exact) mass is 265 g/mol. The van der Waals surface area contributed by atoms with Crippen LogP contribution in [0.4, 0.5) is 0 Å². The number of aliphatic hydroxyl groups is 2. The van der Waals surface area contributed by atoms with Crippen LogP contribution in [0.3, 0.4) is 0 Å². The molecule has 0 fully saturated rings. The van der Waals surface area contributed by atoms with Crippen molar-refractivity contribution in [2.24, 2.45) is 5.92 Å². The molecule has 0 aliphatic heterocycles. The lowest BCUT2D eigenvalue weighted by Crippen LogP contribution is -2.32. The summed E-state index contributed by atoms with van der Waals surface area (Å²) in [6.45, 7) is 7.03. The summed E-state index contributed by atoms with van der Waals surface area (Å²) in [6, 6.07) is 0. The molecule has 0 spiro atoms. The van der Waals surface area contributed by atoms with Crippen molar-refractivity contribution in [2.75, 3.05) is 44.4 Å². The van der Waals surface area contributed by atoms with E-state index < -0.39 is 6.10 Å². The van der Waals surface area contributed by atoms with Crippen molar-refractivity contribution in [1.29, 1.82) is 0 Å². The maximum atomic E-state index is 9.58. The van der Waals surface area contributed by atoms with Crippen molar-refractivity contribution in [2.45, 2.75) is 26.4 Å². The lowest BCUT2D eigenvalue weighted by Gasteiger charge is -2.13. The van der Waals surface area contributed by atoms with Gasteiger partial charge in [-0.15, -0.1) is 0 Å². The molecule has 0 heterocycles. The van der Waals surface area contributed by atoms with E-state index in [4.69, 9.17) is 9.84 Å². The zero-order chi connectivity index (χ0) is 12.9. The Morgan fingerprint density at radius 3 is 2.65 bits per heavy atom. The van der Waals surface area contributed by atoms with Gasteiger partial charge in [-0.3, -0.25) is 0 Å². The first kappa shape index (κ1) is 17.2. The minimum Gasteiger partial charge on any atom is -0.396 e. The molecule has 0 bridgehead atoms. The van der Waals surface area contributed by atoms with Gasteiger partial charge in [-0.1, -0.05) is 13.8 Å². The fourth-order valence-corrected chi connectivity index (χ4v) is 2.01. The SMILES string of the molecule is CC(C)COCC(O)CNCCSCCCO. The van der Waals surface area contributed by atoms with E-state index in [9.17, 15) is 5.11 Å². The molecule has 0 rings (SSSR count). The minimum absolute atomic E-state index is 0.270. The summed E-state index contributed by atoms with van der Waals surface area (Å²) in [6.07, 6.45) is 0.437. The highest BCUT2D eigenvalue weighted by Gasteiger charge is 2.04. The van der Waals surface area contributed by atoms with E-state index in [0.29, 0.717) is 25.7 Å². The van der Waals surface area contributed by atoms with E-state index in [2.05, 4.69) is 19.2 Å². The molecule has 17 heavy (non-hydrogen) atoms. The fraction of sp³-hybridized carbons (Fsp3) is 1.00. The predicted molar refractivity (Wildman–Crippen MR) is 73.6 cm³/mol. The summed E-state index contributed by atoms with van der Waals surface area (Å²) in [5.74, 6) is 2.52. The Morgan fingerprint density at radius 1 is 1.24 bits per heavy atom. The molecule has 3 N–H and O–H groups in total. The first-order valence-electron chi connectivity index (χ1n) is 6.32. The molecule has 0 aliphatic rings. The Balaban J connectivity index is 3.13. The first-order chi connectivity index (χ1) is 8.16. The van der Waals surface area contributed by atoms with Crippen molar-refractivity contribution in [3.8, 4) is 0 Å². The van der Waals surface area contributed by atoms with Crippen LogP contribution >= 0.6 is 11.8 Å². The van der Waals surface area contributed by atoms with E-state index in [1.165, 1.54) is 0 Å². The van der Waals surface area contributed by atoms with E-state index in [-0.39, 0.29) is 6.61 Å². The summed E-state index contributed by atoms with van der Waals surface area (Å²) in [5, 5.41) is 21.3. The quantitative estimate of drug-likeness (QED) is 0.454. The lowest BCUT2D eigenvalue weighted by atomic mass is 10.2. The van der Waals surface area contributed by atoms with Crippen LogP contribution < -0.4 is 5.32 Å². The maximum absolute atomic E-state index is 9.58. The molecule has 0 amide bonds. The first-order valence-corrected chi connectivity index (χ1v) is 7.47. The normalized spacial score (nSPS) is 13.2. The van der Waals surface area contributed by atoms with Gasteiger partial charge in [0.25, 0.3) is 0 Å². The van der Waals surface area contributed by atoms with Crippen LogP contribution in [-0.4, -0.2) is 60.7 Å². The molecule has 0 aromatic rings. The zero-order valence-electron chi connectivity index (χ0n) is 11.0. The van der Waals surface area contributed by atoms with Crippen LogP contribution in [-0.2, 0) is 4.74 Å². The van der Waals surface area contributed by atoms with E-state index in [0.717, 1.165) is 24.5 Å². The smallest absolute Gasteiger partial charge is 0.0897 e. The predicted octanol–water partition coefficient (Wildman–Crippen LogP) is 0.725. The van der Waals surface area contributed by atoms with Crippen molar-refractivity contribution in [3.05, 3.63) is 0 Å². The summed E-state index contributed by atoms with van der Waals surface area (Å²) < 4.78 is 5.34. The number of aliphatic hydroxyl groups excluding tert-OH is 2. The van der Waals surface area contributed by atoms with Gasteiger partial charge in [-0.2, -0.15) is 11.8 Å². The summed E-state index contributed by atoms with van der Waals surface area (Å²) >= 11 is 1.82. The molecule has 4 nitrogen and oxygen atoms in total. The molecule has 0 aromatic heterocycles. The second kappa shape index (κ2) is 12.6. The Morgan fingerprint density at radius 2 is 2.00 bits per heavy atom. The molecule has 104 valence electrons. The number of hydrogen-bond donors (Lipinski definition) is 3. The Kier molecular flexibility index (Phi) is 12.8. The van der Waals surface area contributed by atoms with Crippen molar-refractivity contribution < 1.29 is 14.9 Å². The molecular formula is C12H27NO3S. The molecule has 0 saturated heterocycles. The van der Waals surface area contributed by atoms with Crippen molar-refractivity contribution >= 4 is 11.8 Å². The molecule has 0 aliphatic carbocycles. The second-order valence-electron chi connectivity index (χ2n) is 4.48. The zero-order valence-corrected chi connectivity index (χ0v) is 11.8. The second-order valence-corrected chi connectivity index (χ2v) is 5.70. The molecule has 5 heteroatoms. The Bertz CT molecular complexity index is 159. The number of rotatable bonds is 12. The van der Waals surface area contributed by atoms with Crippen molar-refractivity contribution in [1.82, 2.24) is 5.32 Å². The Hall–Kier alpha value is 0.190. The summed E-state index contributed by atoms with van der Waals surface area (Å²) in [5.41, 5.74) is 0. The Labute approximate surface area is 109 Å². The fourth-order valence-electron chi connectivity index (χ4n) is 1.18. The van der Waals surface area contributed by atoms with E-state index >= 15 is 0 Å². The van der Waals surface area contributed by atoms with Crippen LogP contribution in [0.25, 0.3) is 0 Å². The number of thioether (sulfide) groups is 1. The third kappa shape index (κ3) is 14.1. The van der Waals surface area contributed by atoms with Crippen LogP contribution in [0.5, 0.6) is 0 Å². The molecule has 0 radical (unpaired) electrons. The molecule has 0 aromatic carbocycles. The number of hydrogen-bond acceptors (Lipinski definition) is 5. The molecule has 1 unspecified atom stereocenters. The molecular weight excluding hydrogens is 238 g/mol.